The lowest BCUT2D eigenvalue weighted by Gasteiger charge is -2.40. The molecule has 1 aromatic heterocycles. The van der Waals surface area contributed by atoms with Gasteiger partial charge in [-0.2, -0.15) is 18.2 Å². The SMILES string of the molecule is C=CC(=O)N1C(I)CC(=O)CC1CN(C)c1nc(=O)n2c3c(c(-c4ccc(F)cc4F)c(C(F)(F)F)cc13)SCC2. The fourth-order valence-corrected chi connectivity index (χ4v) is 7.81. The van der Waals surface area contributed by atoms with Gasteiger partial charge in [0.25, 0.3) is 0 Å². The van der Waals surface area contributed by atoms with Crippen molar-refractivity contribution in [3.63, 3.8) is 0 Å². The Labute approximate surface area is 248 Å². The minimum absolute atomic E-state index is 0.00246. The molecule has 1 amide bonds. The number of aromatic nitrogens is 2. The van der Waals surface area contributed by atoms with Crippen molar-refractivity contribution in [1.29, 1.82) is 0 Å². The standard InChI is InChI=1S/C27H22F5IN4O3S/c1-3-21(39)37-14(9-15(38)10-20(37)33)12-35(2)25-17-11-18(27(30,31)32)22(16-5-4-13(28)8-19(16)29)24-23(17)36(6-7-41-24)26(40)34-25/h3-5,8,11,14,20H,1,6-7,9-10,12H2,2H3. The molecule has 0 spiro atoms. The molecule has 3 heterocycles. The van der Waals surface area contributed by atoms with Gasteiger partial charge in [-0.15, -0.1) is 11.8 Å². The highest BCUT2D eigenvalue weighted by Gasteiger charge is 2.40. The molecule has 216 valence electrons. The highest BCUT2D eigenvalue weighted by molar-refractivity contribution is 14.1. The fraction of sp³-hybridized carbons (Fsp3) is 0.333. The van der Waals surface area contributed by atoms with Crippen LogP contribution in [0.25, 0.3) is 22.0 Å². The Balaban J connectivity index is 1.73. The van der Waals surface area contributed by atoms with E-state index in [1.54, 1.807) is 0 Å². The Morgan fingerprint density at radius 2 is 1.98 bits per heavy atom. The second-order valence-electron chi connectivity index (χ2n) is 9.73. The van der Waals surface area contributed by atoms with Crippen LogP contribution in [0.3, 0.4) is 0 Å². The van der Waals surface area contributed by atoms with Gasteiger partial charge in [0, 0.05) is 66.2 Å². The molecule has 2 atom stereocenters. The van der Waals surface area contributed by atoms with E-state index in [0.717, 1.165) is 36.0 Å². The molecule has 2 unspecified atom stereocenters. The van der Waals surface area contributed by atoms with Crippen molar-refractivity contribution in [2.45, 2.75) is 40.5 Å². The van der Waals surface area contributed by atoms with Gasteiger partial charge in [0.1, 0.15) is 23.2 Å². The number of halogens is 6. The topological polar surface area (TPSA) is 75.5 Å². The minimum atomic E-state index is -4.94. The number of anilines is 1. The highest BCUT2D eigenvalue weighted by Crippen LogP contribution is 2.49. The van der Waals surface area contributed by atoms with Crippen molar-refractivity contribution < 1.29 is 31.5 Å². The number of hydrogen-bond acceptors (Lipinski definition) is 6. The molecule has 0 N–H and O–H groups in total. The maximum atomic E-state index is 14.9. The summed E-state index contributed by atoms with van der Waals surface area (Å²) in [6.45, 7) is 3.68. The van der Waals surface area contributed by atoms with E-state index in [4.69, 9.17) is 0 Å². The molecule has 0 aliphatic carbocycles. The Morgan fingerprint density at radius 1 is 1.24 bits per heavy atom. The molecule has 2 aliphatic heterocycles. The van der Waals surface area contributed by atoms with Gasteiger partial charge in [0.05, 0.1) is 21.2 Å². The normalized spacial score (nSPS) is 19.0. The maximum absolute atomic E-state index is 14.9. The third-order valence-corrected chi connectivity index (χ3v) is 9.21. The molecule has 0 bridgehead atoms. The number of piperidine rings is 1. The van der Waals surface area contributed by atoms with Crippen molar-refractivity contribution in [3.8, 4) is 11.1 Å². The highest BCUT2D eigenvalue weighted by atomic mass is 127. The second-order valence-corrected chi connectivity index (χ2v) is 12.3. The number of carbonyl (C=O) groups excluding carboxylic acids is 2. The van der Waals surface area contributed by atoms with E-state index >= 15 is 0 Å². The van der Waals surface area contributed by atoms with Crippen LogP contribution in [0.2, 0.25) is 0 Å². The first-order valence-electron chi connectivity index (χ1n) is 12.4. The third kappa shape index (κ3) is 5.35. The number of hydrogen-bond donors (Lipinski definition) is 0. The zero-order valence-corrected chi connectivity index (χ0v) is 24.4. The summed E-state index contributed by atoms with van der Waals surface area (Å²) in [7, 11) is 1.52. The average Bonchev–Trinajstić information content (AvgIpc) is 2.89. The monoisotopic (exact) mass is 704 g/mol. The van der Waals surface area contributed by atoms with Gasteiger partial charge in [-0.25, -0.2) is 13.6 Å². The Kier molecular flexibility index (Phi) is 7.91. The molecule has 3 aromatic rings. The summed E-state index contributed by atoms with van der Waals surface area (Å²) in [6, 6.07) is 2.53. The van der Waals surface area contributed by atoms with Crippen molar-refractivity contribution in [3.05, 3.63) is 64.6 Å². The second kappa shape index (κ2) is 11.0. The molecule has 7 nitrogen and oxygen atoms in total. The summed E-state index contributed by atoms with van der Waals surface area (Å²) >= 11 is 3.03. The van der Waals surface area contributed by atoms with Gasteiger partial charge in [-0.05, 0) is 24.3 Å². The zero-order valence-electron chi connectivity index (χ0n) is 21.5. The smallest absolute Gasteiger partial charge is 0.357 e. The van der Waals surface area contributed by atoms with E-state index < -0.39 is 56.2 Å². The third-order valence-electron chi connectivity index (χ3n) is 7.10. The largest absolute Gasteiger partial charge is 0.417 e. The van der Waals surface area contributed by atoms with E-state index in [0.29, 0.717) is 6.07 Å². The number of benzene rings is 2. The molecule has 2 aliphatic rings. The lowest BCUT2D eigenvalue weighted by Crippen LogP contribution is -2.53. The van der Waals surface area contributed by atoms with Crippen molar-refractivity contribution in [2.24, 2.45) is 0 Å². The van der Waals surface area contributed by atoms with Gasteiger partial charge < -0.3 is 9.80 Å². The predicted octanol–water partition coefficient (Wildman–Crippen LogP) is 5.41. The summed E-state index contributed by atoms with van der Waals surface area (Å²) in [5, 5.41) is 0.00246. The van der Waals surface area contributed by atoms with E-state index in [1.165, 1.54) is 21.4 Å². The van der Waals surface area contributed by atoms with Crippen LogP contribution in [0.1, 0.15) is 18.4 Å². The molecule has 0 radical (unpaired) electrons. The van der Waals surface area contributed by atoms with Crippen LogP contribution in [0.15, 0.2) is 46.6 Å². The molecular weight excluding hydrogens is 682 g/mol. The van der Waals surface area contributed by atoms with Gasteiger partial charge >= 0.3 is 11.9 Å². The number of ketones is 1. The Hall–Kier alpha value is -3.01. The Bertz CT molecular complexity index is 1660. The molecule has 2 aromatic carbocycles. The average molecular weight is 704 g/mol. The quantitative estimate of drug-likeness (QED) is 0.116. The van der Waals surface area contributed by atoms with Gasteiger partial charge in [-0.1, -0.05) is 29.2 Å². The van der Waals surface area contributed by atoms with Gasteiger partial charge in [0.15, 0.2) is 0 Å². The van der Waals surface area contributed by atoms with E-state index in [1.807, 2.05) is 22.6 Å². The van der Waals surface area contributed by atoms with Crippen LogP contribution < -0.4 is 10.6 Å². The minimum Gasteiger partial charge on any atom is -0.357 e. The number of aryl methyl sites for hydroxylation is 1. The van der Waals surface area contributed by atoms with Crippen molar-refractivity contribution in [2.75, 3.05) is 24.2 Å². The summed E-state index contributed by atoms with van der Waals surface area (Å²) in [5.41, 5.74) is -2.64. The first-order chi connectivity index (χ1) is 19.3. The molecule has 41 heavy (non-hydrogen) atoms. The number of nitrogens with zero attached hydrogens (tertiary/aromatic N) is 4. The molecule has 1 saturated heterocycles. The van der Waals surface area contributed by atoms with E-state index in [2.05, 4.69) is 11.6 Å². The van der Waals surface area contributed by atoms with E-state index in [-0.39, 0.29) is 59.1 Å². The number of carbonyl (C=O) groups is 2. The molecule has 1 fully saturated rings. The number of likely N-dealkylation sites (N-methyl/N-ethyl adjacent to an activating group) is 1. The Morgan fingerprint density at radius 3 is 2.63 bits per heavy atom. The summed E-state index contributed by atoms with van der Waals surface area (Å²) < 4.78 is 73.0. The van der Waals surface area contributed by atoms with Crippen molar-refractivity contribution >= 4 is 62.8 Å². The van der Waals surface area contributed by atoms with Crippen LogP contribution >= 0.6 is 34.4 Å². The zero-order chi connectivity index (χ0) is 29.8. The van der Waals surface area contributed by atoms with Crippen LogP contribution in [-0.4, -0.2) is 55.6 Å². The predicted molar refractivity (Wildman–Crippen MR) is 153 cm³/mol. The molecule has 0 saturated carbocycles. The number of thioether (sulfide) groups is 1. The fourth-order valence-electron chi connectivity index (χ4n) is 5.39. The molecule has 14 heteroatoms. The summed E-state index contributed by atoms with van der Waals surface area (Å²) in [5.74, 6) is -2.43. The number of Topliss-reactive ketones (excluding diaryl/α,β-unsaturated/α-hetero) is 1. The first-order valence-corrected chi connectivity index (χ1v) is 14.6. The van der Waals surface area contributed by atoms with Crippen LogP contribution in [-0.2, 0) is 22.3 Å². The van der Waals surface area contributed by atoms with Crippen molar-refractivity contribution in [1.82, 2.24) is 14.5 Å². The number of alkyl halides is 4. The first kappa shape index (κ1) is 29.5. The van der Waals surface area contributed by atoms with Crippen LogP contribution in [0.5, 0.6) is 0 Å². The lowest BCUT2D eigenvalue weighted by atomic mass is 9.95. The summed E-state index contributed by atoms with van der Waals surface area (Å²) in [6.07, 6.45) is -3.64. The number of amides is 1. The van der Waals surface area contributed by atoms with Crippen LogP contribution in [0.4, 0.5) is 27.8 Å². The number of likely N-dealkylation sites (tertiary alicyclic amines) is 1. The van der Waals surface area contributed by atoms with Gasteiger partial charge in [0.2, 0.25) is 5.91 Å². The summed E-state index contributed by atoms with van der Waals surface area (Å²) in [4.78, 5) is 45.3. The number of rotatable bonds is 5. The molecule has 5 rings (SSSR count). The molecular formula is C27H22F5IN4O3S. The van der Waals surface area contributed by atoms with Crippen LogP contribution in [0, 0.1) is 11.6 Å². The van der Waals surface area contributed by atoms with Gasteiger partial charge in [-0.3, -0.25) is 14.2 Å². The lowest BCUT2D eigenvalue weighted by molar-refractivity contribution is -0.137. The van der Waals surface area contributed by atoms with E-state index in [9.17, 15) is 36.3 Å². The maximum Gasteiger partial charge on any atom is 0.417 e.